The second-order valence-corrected chi connectivity index (χ2v) is 10.6. The molecule has 0 saturated carbocycles. The number of fused-ring (bicyclic) bond motifs is 1. The molecule has 0 fully saturated rings. The van der Waals surface area contributed by atoms with Crippen LogP contribution in [0.25, 0.3) is 10.9 Å². The lowest BCUT2D eigenvalue weighted by Gasteiger charge is -2.11. The molecule has 0 radical (unpaired) electrons. The van der Waals surface area contributed by atoms with Crippen molar-refractivity contribution < 1.29 is 9.66 Å². The highest BCUT2D eigenvalue weighted by Crippen LogP contribution is 2.37. The van der Waals surface area contributed by atoms with Crippen LogP contribution in [-0.2, 0) is 13.0 Å². The summed E-state index contributed by atoms with van der Waals surface area (Å²) in [6.45, 7) is 1.92. The average molecular weight is 700 g/mol. The Hall–Kier alpha value is -2.60. The molecule has 0 N–H and O–H groups in total. The van der Waals surface area contributed by atoms with Gasteiger partial charge in [0.15, 0.2) is 0 Å². The summed E-state index contributed by atoms with van der Waals surface area (Å²) in [7, 11) is 0. The molecule has 1 aromatic heterocycles. The molecule has 3 aromatic carbocycles. The standard InChI is InChI=1S/C24H16Br3ClN4O4/c1-2-22-30-20-6-5-15(25)9-17(20)24(33)31(22)29-11-13-7-19(28)23(21(8-13)32(34)35)36-12-14-3-4-16(26)10-18(14)27/h3-11H,2,12H2,1H3. The van der Waals surface area contributed by atoms with Crippen LogP contribution in [0.1, 0.15) is 23.9 Å². The molecular weight excluding hydrogens is 683 g/mol. The van der Waals surface area contributed by atoms with Crippen molar-refractivity contribution >= 4 is 82.2 Å². The molecule has 8 nitrogen and oxygen atoms in total. The lowest BCUT2D eigenvalue weighted by Crippen LogP contribution is -2.22. The second kappa shape index (κ2) is 11.2. The fraction of sp³-hybridized carbons (Fsp3) is 0.125. The predicted molar refractivity (Wildman–Crippen MR) is 150 cm³/mol. The summed E-state index contributed by atoms with van der Waals surface area (Å²) >= 11 is 16.6. The minimum absolute atomic E-state index is 0.0440. The number of halogens is 4. The van der Waals surface area contributed by atoms with E-state index in [-0.39, 0.29) is 28.6 Å². The zero-order valence-corrected chi connectivity index (χ0v) is 24.1. The number of ether oxygens (including phenoxy) is 1. The topological polar surface area (TPSA) is 99.6 Å². The van der Waals surface area contributed by atoms with Crippen LogP contribution in [0.15, 0.2) is 71.8 Å². The van der Waals surface area contributed by atoms with Gasteiger partial charge in [0.05, 0.1) is 27.1 Å². The molecular formula is C24H16Br3ClN4O4. The number of hydrogen-bond donors (Lipinski definition) is 0. The Morgan fingerprint density at radius 2 is 1.86 bits per heavy atom. The van der Waals surface area contributed by atoms with E-state index in [1.807, 2.05) is 31.2 Å². The first kappa shape index (κ1) is 26.5. The number of aromatic nitrogens is 2. The maximum absolute atomic E-state index is 13.1. The lowest BCUT2D eigenvalue weighted by atomic mass is 10.2. The monoisotopic (exact) mass is 696 g/mol. The molecule has 0 aliphatic carbocycles. The fourth-order valence-electron chi connectivity index (χ4n) is 3.41. The molecule has 0 spiro atoms. The van der Waals surface area contributed by atoms with Crippen molar-refractivity contribution in [1.29, 1.82) is 0 Å². The third-order valence-electron chi connectivity index (χ3n) is 5.14. The van der Waals surface area contributed by atoms with Crippen LogP contribution in [0.4, 0.5) is 5.69 Å². The van der Waals surface area contributed by atoms with Crippen LogP contribution in [0.5, 0.6) is 5.75 Å². The Kier molecular flexibility index (Phi) is 8.23. The number of hydrogen-bond acceptors (Lipinski definition) is 6. The van der Waals surface area contributed by atoms with Crippen molar-refractivity contribution in [2.75, 3.05) is 0 Å². The molecule has 36 heavy (non-hydrogen) atoms. The number of benzene rings is 3. The van der Waals surface area contributed by atoms with Gasteiger partial charge in [0.1, 0.15) is 12.4 Å². The largest absolute Gasteiger partial charge is 0.481 e. The quantitative estimate of drug-likeness (QED) is 0.115. The van der Waals surface area contributed by atoms with E-state index < -0.39 is 4.92 Å². The number of aryl methyl sites for hydroxylation is 1. The molecule has 0 aliphatic heterocycles. The van der Waals surface area contributed by atoms with E-state index in [1.54, 1.807) is 12.1 Å². The van der Waals surface area contributed by atoms with Gasteiger partial charge >= 0.3 is 5.69 Å². The van der Waals surface area contributed by atoms with E-state index in [9.17, 15) is 14.9 Å². The summed E-state index contributed by atoms with van der Waals surface area (Å²) in [5.41, 5.74) is 1.00. The SMILES string of the molecule is CCc1nc2ccc(Br)cc2c(=O)n1N=Cc1cc(Cl)c(OCc2ccc(Br)cc2Br)c([N+](=O)[O-])c1. The zero-order chi connectivity index (χ0) is 26.0. The summed E-state index contributed by atoms with van der Waals surface area (Å²) in [4.78, 5) is 28.8. The van der Waals surface area contributed by atoms with Gasteiger partial charge in [-0.3, -0.25) is 14.9 Å². The van der Waals surface area contributed by atoms with Crippen LogP contribution in [0.2, 0.25) is 5.02 Å². The van der Waals surface area contributed by atoms with Crippen LogP contribution in [0, 0.1) is 10.1 Å². The minimum atomic E-state index is -0.575. The smallest absolute Gasteiger partial charge is 0.313 e. The minimum Gasteiger partial charge on any atom is -0.481 e. The molecule has 0 aliphatic rings. The van der Waals surface area contributed by atoms with E-state index in [4.69, 9.17) is 16.3 Å². The Morgan fingerprint density at radius 1 is 1.14 bits per heavy atom. The molecule has 12 heteroatoms. The van der Waals surface area contributed by atoms with Crippen molar-refractivity contribution in [3.63, 3.8) is 0 Å². The van der Waals surface area contributed by atoms with Crippen molar-refractivity contribution in [2.45, 2.75) is 20.0 Å². The normalized spacial score (nSPS) is 11.4. The molecule has 0 unspecified atom stereocenters. The van der Waals surface area contributed by atoms with Gasteiger partial charge in [0, 0.05) is 37.0 Å². The summed E-state index contributed by atoms with van der Waals surface area (Å²) in [6.07, 6.45) is 1.79. The third kappa shape index (κ3) is 5.69. The Labute approximate surface area is 235 Å². The molecule has 0 atom stereocenters. The van der Waals surface area contributed by atoms with E-state index in [2.05, 4.69) is 57.9 Å². The van der Waals surface area contributed by atoms with Crippen molar-refractivity contribution in [1.82, 2.24) is 9.66 Å². The Bertz CT molecular complexity index is 1590. The molecule has 4 rings (SSSR count). The van der Waals surface area contributed by atoms with Gasteiger partial charge in [-0.15, -0.1) is 0 Å². The first-order chi connectivity index (χ1) is 17.2. The Balaban J connectivity index is 1.70. The number of nitro groups is 1. The van der Waals surface area contributed by atoms with E-state index in [0.29, 0.717) is 28.7 Å². The van der Waals surface area contributed by atoms with Crippen molar-refractivity contribution in [2.24, 2.45) is 5.10 Å². The Morgan fingerprint density at radius 3 is 2.56 bits per heavy atom. The summed E-state index contributed by atoms with van der Waals surface area (Å²) in [5, 5.41) is 16.5. The van der Waals surface area contributed by atoms with Gasteiger partial charge in [-0.05, 0) is 36.4 Å². The van der Waals surface area contributed by atoms with Crippen LogP contribution < -0.4 is 10.3 Å². The van der Waals surface area contributed by atoms with Gasteiger partial charge < -0.3 is 4.74 Å². The van der Waals surface area contributed by atoms with Crippen LogP contribution in [0.3, 0.4) is 0 Å². The molecule has 1 heterocycles. The first-order valence-corrected chi connectivity index (χ1v) is 13.2. The van der Waals surface area contributed by atoms with Crippen molar-refractivity contribution in [3.8, 4) is 5.75 Å². The molecule has 4 aromatic rings. The highest BCUT2D eigenvalue weighted by atomic mass is 79.9. The lowest BCUT2D eigenvalue weighted by molar-refractivity contribution is -0.385. The number of nitro benzene ring substituents is 1. The zero-order valence-electron chi connectivity index (χ0n) is 18.5. The molecule has 0 amide bonds. The maximum Gasteiger partial charge on any atom is 0.313 e. The predicted octanol–water partition coefficient (Wildman–Crippen LogP) is 7.27. The number of nitrogens with zero attached hydrogens (tertiary/aromatic N) is 4. The summed E-state index contributed by atoms with van der Waals surface area (Å²) in [5.74, 6) is 0.393. The molecule has 0 bridgehead atoms. The highest BCUT2D eigenvalue weighted by Gasteiger charge is 2.21. The summed E-state index contributed by atoms with van der Waals surface area (Å²) in [6, 6.07) is 13.5. The molecule has 0 saturated heterocycles. The van der Waals surface area contributed by atoms with Gasteiger partial charge in [-0.1, -0.05) is 72.4 Å². The summed E-state index contributed by atoms with van der Waals surface area (Å²) < 4.78 is 9.32. The van der Waals surface area contributed by atoms with E-state index in [1.165, 1.54) is 23.0 Å². The third-order valence-corrected chi connectivity index (χ3v) is 7.15. The average Bonchev–Trinajstić information content (AvgIpc) is 2.83. The highest BCUT2D eigenvalue weighted by molar-refractivity contribution is 9.11. The fourth-order valence-corrected chi connectivity index (χ4v) is 5.21. The maximum atomic E-state index is 13.1. The first-order valence-electron chi connectivity index (χ1n) is 10.5. The van der Waals surface area contributed by atoms with Crippen molar-refractivity contribution in [3.05, 3.63) is 104 Å². The molecule has 184 valence electrons. The van der Waals surface area contributed by atoms with Crippen LogP contribution in [-0.4, -0.2) is 20.8 Å². The van der Waals surface area contributed by atoms with Gasteiger partial charge in [-0.2, -0.15) is 9.78 Å². The second-order valence-electron chi connectivity index (χ2n) is 7.54. The van der Waals surface area contributed by atoms with Gasteiger partial charge in [-0.25, -0.2) is 4.98 Å². The van der Waals surface area contributed by atoms with Gasteiger partial charge in [0.25, 0.3) is 5.56 Å². The number of rotatable bonds is 7. The van der Waals surface area contributed by atoms with E-state index >= 15 is 0 Å². The van der Waals surface area contributed by atoms with Gasteiger partial charge in [0.2, 0.25) is 5.75 Å². The van der Waals surface area contributed by atoms with E-state index in [0.717, 1.165) is 19.0 Å². The van der Waals surface area contributed by atoms with Crippen LogP contribution >= 0.6 is 59.4 Å².